The zero-order chi connectivity index (χ0) is 39.2. The van der Waals surface area contributed by atoms with Gasteiger partial charge in [0.05, 0.1) is 13.2 Å². The summed E-state index contributed by atoms with van der Waals surface area (Å²) >= 11 is 0. The SMILES string of the molecule is C=CC(=O)OCC(C)C.C=CC(=O)OCC(F)(F)C(F)F.C=CC(=O)OCCCCCCCCCCCC.C=CC(=O)OCCN(CC)CC. The van der Waals surface area contributed by atoms with Gasteiger partial charge in [-0.2, -0.15) is 8.78 Å². The highest BCUT2D eigenvalue weighted by Gasteiger charge is 2.42. The number of likely N-dealkylation sites (N-methyl/N-ethyl adjacent to an activating group) is 1. The van der Waals surface area contributed by atoms with Crippen LogP contribution in [0.4, 0.5) is 17.6 Å². The highest BCUT2D eigenvalue weighted by Crippen LogP contribution is 2.22. The predicted molar refractivity (Wildman–Crippen MR) is 190 cm³/mol. The van der Waals surface area contributed by atoms with Crippen molar-refractivity contribution in [2.45, 2.75) is 111 Å². The number of hydrogen-bond donors (Lipinski definition) is 0. The molecule has 0 saturated heterocycles. The maximum atomic E-state index is 12.0. The second kappa shape index (κ2) is 38.3. The first-order valence-corrected chi connectivity index (χ1v) is 17.2. The van der Waals surface area contributed by atoms with Crippen LogP contribution in [0.25, 0.3) is 0 Å². The van der Waals surface area contributed by atoms with Gasteiger partial charge in [-0.3, -0.25) is 0 Å². The Kier molecular flexibility index (Phi) is 40.9. The molecule has 0 unspecified atom stereocenters. The molecule has 0 aromatic heterocycles. The molecule has 0 amide bonds. The molecule has 292 valence electrons. The van der Waals surface area contributed by atoms with Crippen LogP contribution in [0.2, 0.25) is 0 Å². The van der Waals surface area contributed by atoms with E-state index >= 15 is 0 Å². The summed E-state index contributed by atoms with van der Waals surface area (Å²) in [7, 11) is 0. The summed E-state index contributed by atoms with van der Waals surface area (Å²) in [6.07, 6.45) is 13.3. The van der Waals surface area contributed by atoms with E-state index in [2.05, 4.69) is 56.7 Å². The summed E-state index contributed by atoms with van der Waals surface area (Å²) in [6.45, 7) is 25.8. The molecule has 0 rings (SSSR count). The molecular formula is C37H63F4NO8. The van der Waals surface area contributed by atoms with E-state index in [0.717, 1.165) is 26.1 Å². The van der Waals surface area contributed by atoms with Crippen molar-refractivity contribution in [1.82, 2.24) is 4.90 Å². The number of carbonyl (C=O) groups excluding carboxylic acids is 4. The van der Waals surface area contributed by atoms with Crippen molar-refractivity contribution in [1.29, 1.82) is 0 Å². The number of unbranched alkanes of at least 4 members (excludes halogenated alkanes) is 9. The van der Waals surface area contributed by atoms with E-state index in [-0.39, 0.29) is 17.9 Å². The normalized spacial score (nSPS) is 10.2. The lowest BCUT2D eigenvalue weighted by atomic mass is 10.1. The van der Waals surface area contributed by atoms with Gasteiger partial charge in [-0.1, -0.05) is 119 Å². The number of alkyl halides is 4. The lowest BCUT2D eigenvalue weighted by molar-refractivity contribution is -0.176. The fourth-order valence-corrected chi connectivity index (χ4v) is 3.29. The molecule has 0 atom stereocenters. The molecule has 0 aromatic rings. The van der Waals surface area contributed by atoms with E-state index in [1.807, 2.05) is 13.8 Å². The number of halogens is 4. The molecule has 0 aliphatic carbocycles. The van der Waals surface area contributed by atoms with E-state index in [4.69, 9.17) is 14.2 Å². The Morgan fingerprint density at radius 1 is 0.620 bits per heavy atom. The Hall–Kier alpha value is -3.48. The minimum atomic E-state index is -4.29. The van der Waals surface area contributed by atoms with Gasteiger partial charge in [-0.25, -0.2) is 28.0 Å². The molecule has 0 bridgehead atoms. The highest BCUT2D eigenvalue weighted by molar-refractivity contribution is 5.82. The van der Waals surface area contributed by atoms with E-state index in [1.54, 1.807) is 0 Å². The predicted octanol–water partition coefficient (Wildman–Crippen LogP) is 8.68. The zero-order valence-corrected chi connectivity index (χ0v) is 31.0. The van der Waals surface area contributed by atoms with Crippen molar-refractivity contribution < 1.29 is 55.7 Å². The topological polar surface area (TPSA) is 108 Å². The van der Waals surface area contributed by atoms with Crippen molar-refractivity contribution in [3.05, 3.63) is 50.6 Å². The van der Waals surface area contributed by atoms with Gasteiger partial charge in [0.1, 0.15) is 6.61 Å². The van der Waals surface area contributed by atoms with Crippen LogP contribution in [0.1, 0.15) is 98.8 Å². The number of ether oxygens (including phenoxy) is 4. The molecule has 0 radical (unpaired) electrons. The number of esters is 4. The molecule has 0 aliphatic heterocycles. The maximum absolute atomic E-state index is 12.0. The maximum Gasteiger partial charge on any atom is 0.340 e. The quantitative estimate of drug-likeness (QED) is 0.0300. The first kappa shape index (κ1) is 53.3. The largest absolute Gasteiger partial charge is 0.463 e. The van der Waals surface area contributed by atoms with Crippen LogP contribution in [-0.2, 0) is 38.1 Å². The number of rotatable bonds is 25. The summed E-state index contributed by atoms with van der Waals surface area (Å²) in [5.74, 6) is -6.05. The van der Waals surface area contributed by atoms with Crippen LogP contribution in [0.3, 0.4) is 0 Å². The minimum Gasteiger partial charge on any atom is -0.463 e. The molecule has 0 heterocycles. The Balaban J connectivity index is -0.000000290. The smallest absolute Gasteiger partial charge is 0.340 e. The molecule has 0 fully saturated rings. The summed E-state index contributed by atoms with van der Waals surface area (Å²) in [6, 6.07) is 0. The van der Waals surface area contributed by atoms with Gasteiger partial charge in [0.25, 0.3) is 0 Å². The first-order chi connectivity index (χ1) is 23.6. The van der Waals surface area contributed by atoms with Crippen LogP contribution in [0.15, 0.2) is 50.6 Å². The van der Waals surface area contributed by atoms with Gasteiger partial charge in [0, 0.05) is 30.8 Å². The van der Waals surface area contributed by atoms with Gasteiger partial charge in [0.15, 0.2) is 6.61 Å². The Morgan fingerprint density at radius 3 is 1.38 bits per heavy atom. The van der Waals surface area contributed by atoms with E-state index in [0.29, 0.717) is 31.8 Å². The van der Waals surface area contributed by atoms with Gasteiger partial charge in [-0.15, -0.1) is 0 Å². The molecule has 50 heavy (non-hydrogen) atoms. The third kappa shape index (κ3) is 42.5. The van der Waals surface area contributed by atoms with Gasteiger partial charge in [-0.05, 0) is 25.4 Å². The van der Waals surface area contributed by atoms with E-state index < -0.39 is 24.9 Å². The fraction of sp³-hybridized carbons (Fsp3) is 0.676. The third-order valence-electron chi connectivity index (χ3n) is 6.24. The number of carbonyl (C=O) groups is 4. The number of nitrogens with zero attached hydrogens (tertiary/aromatic N) is 1. The monoisotopic (exact) mass is 725 g/mol. The standard InChI is InChI=1S/C15H28O2.C9H17NO2.C7H12O2.C6H6F4O2/c1-3-5-6-7-8-9-10-11-12-13-14-17-15(16)4-2;1-4-9(11)12-8-7-10(5-2)6-3;1-4-7(8)9-5-6(2)3;1-2-4(11)12-3-6(9,10)5(7)8/h4H,2-3,5-14H2,1H3;4H,1,5-8H2,2-3H3;4,6H,1,5H2,2-3H3;2,5H,1,3H2. The molecule has 9 nitrogen and oxygen atoms in total. The van der Waals surface area contributed by atoms with E-state index in [9.17, 15) is 36.7 Å². The fourth-order valence-electron chi connectivity index (χ4n) is 3.29. The minimum absolute atomic E-state index is 0.305. The molecule has 0 saturated carbocycles. The summed E-state index contributed by atoms with van der Waals surface area (Å²) in [4.78, 5) is 44.1. The van der Waals surface area contributed by atoms with Gasteiger partial charge in [0.2, 0.25) is 0 Å². The lowest BCUT2D eigenvalue weighted by Gasteiger charge is -2.16. The summed E-state index contributed by atoms with van der Waals surface area (Å²) < 4.78 is 64.9. The van der Waals surface area contributed by atoms with Crippen LogP contribution in [0, 0.1) is 5.92 Å². The highest BCUT2D eigenvalue weighted by atomic mass is 19.3. The van der Waals surface area contributed by atoms with E-state index in [1.165, 1.54) is 76.0 Å². The molecule has 0 aliphatic rings. The first-order valence-electron chi connectivity index (χ1n) is 17.2. The molecule has 0 N–H and O–H groups in total. The number of hydrogen-bond acceptors (Lipinski definition) is 9. The Labute approximate surface area is 298 Å². The molecular weight excluding hydrogens is 662 g/mol. The summed E-state index contributed by atoms with van der Waals surface area (Å²) in [5, 5.41) is 0. The molecule has 13 heteroatoms. The lowest BCUT2D eigenvalue weighted by Crippen LogP contribution is -2.33. The average Bonchev–Trinajstić information content (AvgIpc) is 3.10. The van der Waals surface area contributed by atoms with Crippen LogP contribution in [-0.4, -0.2) is 87.2 Å². The van der Waals surface area contributed by atoms with Gasteiger partial charge >= 0.3 is 36.2 Å². The Morgan fingerprint density at radius 2 is 1.00 bits per heavy atom. The average molecular weight is 726 g/mol. The van der Waals surface area contributed by atoms with Crippen LogP contribution in [0.5, 0.6) is 0 Å². The third-order valence-corrected chi connectivity index (χ3v) is 6.24. The zero-order valence-electron chi connectivity index (χ0n) is 31.0. The van der Waals surface area contributed by atoms with Crippen molar-refractivity contribution in [2.75, 3.05) is 46.1 Å². The van der Waals surface area contributed by atoms with Gasteiger partial charge < -0.3 is 23.8 Å². The van der Waals surface area contributed by atoms with Crippen LogP contribution < -0.4 is 0 Å². The summed E-state index contributed by atoms with van der Waals surface area (Å²) in [5.41, 5.74) is 0. The molecule has 0 aromatic carbocycles. The second-order valence-corrected chi connectivity index (χ2v) is 11.1. The molecule has 0 spiro atoms. The van der Waals surface area contributed by atoms with Crippen molar-refractivity contribution >= 4 is 23.9 Å². The van der Waals surface area contributed by atoms with Crippen molar-refractivity contribution in [2.24, 2.45) is 5.92 Å². The van der Waals surface area contributed by atoms with Crippen LogP contribution >= 0.6 is 0 Å². The second-order valence-electron chi connectivity index (χ2n) is 11.1. The van der Waals surface area contributed by atoms with Crippen molar-refractivity contribution in [3.63, 3.8) is 0 Å². The Bertz CT molecular complexity index is 910. The van der Waals surface area contributed by atoms with Crippen molar-refractivity contribution in [3.8, 4) is 0 Å².